The molecule has 0 radical (unpaired) electrons. The number of benzene rings is 1. The minimum absolute atomic E-state index is 0.195. The molecule has 1 unspecified atom stereocenters. The van der Waals surface area contributed by atoms with Crippen molar-refractivity contribution in [3.63, 3.8) is 0 Å². The van der Waals surface area contributed by atoms with Crippen LogP contribution in [-0.2, 0) is 6.42 Å². The van der Waals surface area contributed by atoms with E-state index in [2.05, 4.69) is 58.2 Å². The van der Waals surface area contributed by atoms with Crippen molar-refractivity contribution in [1.29, 1.82) is 0 Å². The van der Waals surface area contributed by atoms with Crippen LogP contribution in [0.3, 0.4) is 0 Å². The predicted octanol–water partition coefficient (Wildman–Crippen LogP) is 2.23. The minimum atomic E-state index is -0.221. The third-order valence-electron chi connectivity index (χ3n) is 4.45. The van der Waals surface area contributed by atoms with E-state index in [-0.39, 0.29) is 12.1 Å². The number of carbonyl (C=O) groups is 1. The number of hydrogen-bond acceptors (Lipinski definition) is 4. The highest BCUT2D eigenvalue weighted by Crippen LogP contribution is 2.35. The van der Waals surface area contributed by atoms with Gasteiger partial charge in [-0.25, -0.2) is 9.48 Å². The Kier molecular flexibility index (Phi) is 4.78. The van der Waals surface area contributed by atoms with Crippen LogP contribution in [0.2, 0.25) is 0 Å². The van der Waals surface area contributed by atoms with Crippen LogP contribution in [0.15, 0.2) is 18.2 Å². The number of aromatic nitrogens is 4. The molecule has 7 nitrogen and oxygen atoms in total. The Morgan fingerprint density at radius 3 is 2.71 bits per heavy atom. The number of amides is 2. The van der Waals surface area contributed by atoms with Crippen molar-refractivity contribution in [3.8, 4) is 0 Å². The van der Waals surface area contributed by atoms with Crippen LogP contribution in [0, 0.1) is 13.8 Å². The molecule has 1 atom stereocenters. The zero-order chi connectivity index (χ0) is 17.1. The first-order valence-electron chi connectivity index (χ1n) is 8.43. The lowest BCUT2D eigenvalue weighted by atomic mass is 10.0. The molecule has 3 rings (SSSR count). The number of carbonyl (C=O) groups excluding carboxylic acids is 1. The first-order chi connectivity index (χ1) is 11.6. The average Bonchev–Trinajstić information content (AvgIpc) is 3.26. The van der Waals surface area contributed by atoms with Gasteiger partial charge in [0, 0.05) is 6.54 Å². The van der Waals surface area contributed by atoms with Crippen LogP contribution < -0.4 is 10.6 Å². The third kappa shape index (κ3) is 3.72. The maximum Gasteiger partial charge on any atom is 0.315 e. The van der Waals surface area contributed by atoms with Crippen LogP contribution in [0.4, 0.5) is 4.79 Å². The molecule has 1 fully saturated rings. The van der Waals surface area contributed by atoms with Gasteiger partial charge in [-0.05, 0) is 67.2 Å². The van der Waals surface area contributed by atoms with Gasteiger partial charge in [0.2, 0.25) is 0 Å². The quantitative estimate of drug-likeness (QED) is 0.851. The number of nitrogens with zero attached hydrogens (tertiary/aromatic N) is 4. The fourth-order valence-electron chi connectivity index (χ4n) is 2.92. The molecule has 2 aromatic rings. The van der Waals surface area contributed by atoms with E-state index in [1.165, 1.54) is 16.7 Å². The zero-order valence-corrected chi connectivity index (χ0v) is 14.4. The molecule has 1 aliphatic rings. The Bertz CT molecular complexity index is 701. The smallest absolute Gasteiger partial charge is 0.315 e. The van der Waals surface area contributed by atoms with E-state index in [9.17, 15) is 4.79 Å². The molecular weight excluding hydrogens is 304 g/mol. The van der Waals surface area contributed by atoms with Crippen molar-refractivity contribution in [2.45, 2.75) is 52.1 Å². The van der Waals surface area contributed by atoms with Gasteiger partial charge in [-0.15, -0.1) is 5.10 Å². The Morgan fingerprint density at radius 2 is 2.04 bits per heavy atom. The standard InChI is InChI=1S/C17H24N6O/c1-11-5-4-6-12(2)15(11)9-10-18-17(24)19-13(3)16-20-21-22-23(16)14-7-8-14/h4-6,13-14H,7-10H2,1-3H3,(H2,18,19,24). The Hall–Kier alpha value is -2.44. The van der Waals surface area contributed by atoms with E-state index in [0.717, 1.165) is 19.3 Å². The molecular formula is C17H24N6O. The maximum atomic E-state index is 12.1. The normalized spacial score (nSPS) is 15.1. The van der Waals surface area contributed by atoms with Crippen LogP contribution in [0.5, 0.6) is 0 Å². The Labute approximate surface area is 141 Å². The number of rotatable bonds is 6. The second kappa shape index (κ2) is 6.98. The number of aryl methyl sites for hydroxylation is 2. The van der Waals surface area contributed by atoms with E-state index < -0.39 is 0 Å². The summed E-state index contributed by atoms with van der Waals surface area (Å²) in [5.41, 5.74) is 3.81. The highest BCUT2D eigenvalue weighted by molar-refractivity contribution is 5.74. The summed E-state index contributed by atoms with van der Waals surface area (Å²) >= 11 is 0. The molecule has 0 saturated heterocycles. The van der Waals surface area contributed by atoms with E-state index in [1.807, 2.05) is 11.6 Å². The summed E-state index contributed by atoms with van der Waals surface area (Å²) in [7, 11) is 0. The number of hydrogen-bond donors (Lipinski definition) is 2. The summed E-state index contributed by atoms with van der Waals surface area (Å²) in [4.78, 5) is 12.1. The SMILES string of the molecule is Cc1cccc(C)c1CCNC(=O)NC(C)c1nnnn1C1CC1. The van der Waals surface area contributed by atoms with Crippen molar-refractivity contribution in [2.75, 3.05) is 6.54 Å². The van der Waals surface area contributed by atoms with Gasteiger partial charge in [0.15, 0.2) is 5.82 Å². The van der Waals surface area contributed by atoms with Crippen LogP contribution >= 0.6 is 0 Å². The summed E-state index contributed by atoms with van der Waals surface area (Å²) in [6, 6.07) is 6.23. The summed E-state index contributed by atoms with van der Waals surface area (Å²) in [6.45, 7) is 6.69. The van der Waals surface area contributed by atoms with Gasteiger partial charge in [0.05, 0.1) is 12.1 Å². The summed E-state index contributed by atoms with van der Waals surface area (Å²) in [5.74, 6) is 0.711. The lowest BCUT2D eigenvalue weighted by molar-refractivity contribution is 0.237. The lowest BCUT2D eigenvalue weighted by Crippen LogP contribution is -2.39. The first kappa shape index (κ1) is 16.4. The topological polar surface area (TPSA) is 84.7 Å². The number of tetrazole rings is 1. The maximum absolute atomic E-state index is 12.1. The van der Waals surface area contributed by atoms with E-state index >= 15 is 0 Å². The molecule has 1 saturated carbocycles. The summed E-state index contributed by atoms with van der Waals surface area (Å²) in [5, 5.41) is 17.6. The van der Waals surface area contributed by atoms with Crippen molar-refractivity contribution < 1.29 is 4.79 Å². The lowest BCUT2D eigenvalue weighted by Gasteiger charge is -2.15. The number of nitrogens with one attached hydrogen (secondary N) is 2. The molecule has 0 aliphatic heterocycles. The molecule has 0 spiro atoms. The van der Waals surface area contributed by atoms with E-state index in [4.69, 9.17) is 0 Å². The van der Waals surface area contributed by atoms with Gasteiger partial charge < -0.3 is 10.6 Å². The average molecular weight is 328 g/mol. The van der Waals surface area contributed by atoms with Crippen molar-refractivity contribution in [1.82, 2.24) is 30.8 Å². The van der Waals surface area contributed by atoms with Crippen molar-refractivity contribution in [3.05, 3.63) is 40.7 Å². The second-order valence-corrected chi connectivity index (χ2v) is 6.46. The van der Waals surface area contributed by atoms with Gasteiger partial charge in [0.25, 0.3) is 0 Å². The third-order valence-corrected chi connectivity index (χ3v) is 4.45. The number of urea groups is 1. The molecule has 24 heavy (non-hydrogen) atoms. The first-order valence-corrected chi connectivity index (χ1v) is 8.43. The summed E-state index contributed by atoms with van der Waals surface area (Å²) < 4.78 is 1.82. The molecule has 1 aromatic heterocycles. The van der Waals surface area contributed by atoms with Gasteiger partial charge >= 0.3 is 6.03 Å². The van der Waals surface area contributed by atoms with Crippen LogP contribution in [0.1, 0.15) is 54.4 Å². The van der Waals surface area contributed by atoms with E-state index in [1.54, 1.807) is 0 Å². The fraction of sp³-hybridized carbons (Fsp3) is 0.529. The zero-order valence-electron chi connectivity index (χ0n) is 14.4. The molecule has 1 aromatic carbocycles. The molecule has 2 amide bonds. The fourth-order valence-corrected chi connectivity index (χ4v) is 2.92. The van der Waals surface area contributed by atoms with E-state index in [0.29, 0.717) is 18.4 Å². The van der Waals surface area contributed by atoms with Crippen molar-refractivity contribution in [2.24, 2.45) is 0 Å². The van der Waals surface area contributed by atoms with Gasteiger partial charge in [-0.2, -0.15) is 0 Å². The molecule has 128 valence electrons. The molecule has 1 heterocycles. The van der Waals surface area contributed by atoms with Crippen molar-refractivity contribution >= 4 is 6.03 Å². The van der Waals surface area contributed by atoms with Crippen LogP contribution in [0.25, 0.3) is 0 Å². The Balaban J connectivity index is 1.49. The highest BCUT2D eigenvalue weighted by atomic mass is 16.2. The van der Waals surface area contributed by atoms with Gasteiger partial charge in [-0.3, -0.25) is 0 Å². The largest absolute Gasteiger partial charge is 0.338 e. The highest BCUT2D eigenvalue weighted by Gasteiger charge is 2.29. The monoisotopic (exact) mass is 328 g/mol. The molecule has 2 N–H and O–H groups in total. The predicted molar refractivity (Wildman–Crippen MR) is 90.7 cm³/mol. The van der Waals surface area contributed by atoms with Gasteiger partial charge in [0.1, 0.15) is 0 Å². The Morgan fingerprint density at radius 1 is 1.33 bits per heavy atom. The van der Waals surface area contributed by atoms with Gasteiger partial charge in [-0.1, -0.05) is 18.2 Å². The van der Waals surface area contributed by atoms with Crippen LogP contribution in [-0.4, -0.2) is 32.8 Å². The second-order valence-electron chi connectivity index (χ2n) is 6.46. The molecule has 0 bridgehead atoms. The molecule has 1 aliphatic carbocycles. The minimum Gasteiger partial charge on any atom is -0.338 e. The summed E-state index contributed by atoms with van der Waals surface area (Å²) in [6.07, 6.45) is 3.03. The molecule has 7 heteroatoms.